The maximum absolute atomic E-state index is 4.56. The highest BCUT2D eigenvalue weighted by Crippen LogP contribution is 2.47. The molecule has 130 valence electrons. The van der Waals surface area contributed by atoms with Crippen molar-refractivity contribution in [3.63, 3.8) is 0 Å². The summed E-state index contributed by atoms with van der Waals surface area (Å²) < 4.78 is 0. The molecule has 0 unspecified atom stereocenters. The maximum atomic E-state index is 4.56. The zero-order valence-electron chi connectivity index (χ0n) is 14.4. The first-order valence-electron chi connectivity index (χ1n) is 8.06. The molecular formula is C18H25IN4S. The highest BCUT2D eigenvalue weighted by Gasteiger charge is 2.43. The van der Waals surface area contributed by atoms with Crippen LogP contribution in [-0.2, 0) is 12.0 Å². The summed E-state index contributed by atoms with van der Waals surface area (Å²) in [6.45, 7) is 5.81. The molecule has 0 spiro atoms. The summed E-state index contributed by atoms with van der Waals surface area (Å²) in [5, 5.41) is 7.95. The lowest BCUT2D eigenvalue weighted by Gasteiger charge is -2.18. The minimum atomic E-state index is 0. The Hall–Kier alpha value is -1.15. The van der Waals surface area contributed by atoms with Crippen LogP contribution in [0.3, 0.4) is 0 Å². The number of thiazole rings is 1. The smallest absolute Gasteiger partial charge is 0.191 e. The van der Waals surface area contributed by atoms with E-state index in [4.69, 9.17) is 0 Å². The van der Waals surface area contributed by atoms with Crippen LogP contribution in [0.4, 0.5) is 0 Å². The Bertz CT molecular complexity index is 673. The molecule has 1 aromatic heterocycles. The summed E-state index contributed by atoms with van der Waals surface area (Å²) in [7, 11) is 1.82. The van der Waals surface area contributed by atoms with Gasteiger partial charge < -0.3 is 10.6 Å². The standard InChI is InChI=1S/C18H24N4S.HI/c1-13-14(2)23-16(22-13)11-20-17(19-3)21-12-18(9-10-18)15-7-5-4-6-8-15;/h4-8H,9-12H2,1-3H3,(H2,19,20,21);1H. The van der Waals surface area contributed by atoms with E-state index in [9.17, 15) is 0 Å². The first kappa shape index (κ1) is 19.2. The Kier molecular flexibility index (Phi) is 6.62. The average Bonchev–Trinajstić information content (AvgIpc) is 3.30. The number of aromatic nitrogens is 1. The number of benzene rings is 1. The maximum Gasteiger partial charge on any atom is 0.191 e. The fourth-order valence-corrected chi connectivity index (χ4v) is 3.63. The monoisotopic (exact) mass is 456 g/mol. The molecule has 6 heteroatoms. The number of halogens is 1. The van der Waals surface area contributed by atoms with Gasteiger partial charge in [0.2, 0.25) is 0 Å². The third-order valence-corrected chi connectivity index (χ3v) is 5.61. The number of nitrogens with one attached hydrogen (secondary N) is 2. The molecule has 2 N–H and O–H groups in total. The molecule has 0 amide bonds. The average molecular weight is 456 g/mol. The number of rotatable bonds is 5. The van der Waals surface area contributed by atoms with Crippen molar-refractivity contribution in [2.24, 2.45) is 4.99 Å². The molecule has 1 heterocycles. The Balaban J connectivity index is 0.00000208. The van der Waals surface area contributed by atoms with Crippen molar-refractivity contribution < 1.29 is 0 Å². The topological polar surface area (TPSA) is 49.3 Å². The van der Waals surface area contributed by atoms with Crippen LogP contribution in [0.25, 0.3) is 0 Å². The zero-order valence-corrected chi connectivity index (χ0v) is 17.6. The SMILES string of the molecule is CN=C(NCc1nc(C)c(C)s1)NCC1(c2ccccc2)CC1.I. The predicted molar refractivity (Wildman–Crippen MR) is 113 cm³/mol. The predicted octanol–water partition coefficient (Wildman–Crippen LogP) is 3.77. The molecule has 1 aliphatic carbocycles. The Morgan fingerprint density at radius 2 is 1.92 bits per heavy atom. The molecule has 0 radical (unpaired) electrons. The van der Waals surface area contributed by atoms with Crippen molar-refractivity contribution >= 4 is 41.3 Å². The van der Waals surface area contributed by atoms with Gasteiger partial charge in [-0.15, -0.1) is 35.3 Å². The van der Waals surface area contributed by atoms with E-state index in [1.54, 1.807) is 11.3 Å². The Morgan fingerprint density at radius 3 is 2.46 bits per heavy atom. The Morgan fingerprint density at radius 1 is 1.21 bits per heavy atom. The number of aliphatic imine (C=N–C) groups is 1. The molecule has 0 atom stereocenters. The summed E-state index contributed by atoms with van der Waals surface area (Å²) in [5.74, 6) is 0.845. The lowest BCUT2D eigenvalue weighted by molar-refractivity contribution is 0.645. The van der Waals surface area contributed by atoms with Crippen LogP contribution in [-0.4, -0.2) is 24.5 Å². The van der Waals surface area contributed by atoms with Gasteiger partial charge in [0.1, 0.15) is 5.01 Å². The molecule has 1 aliphatic rings. The quantitative estimate of drug-likeness (QED) is 0.409. The largest absolute Gasteiger partial charge is 0.356 e. The van der Waals surface area contributed by atoms with Crippen LogP contribution in [0, 0.1) is 13.8 Å². The third kappa shape index (κ3) is 4.47. The van der Waals surface area contributed by atoms with Gasteiger partial charge in [-0.05, 0) is 32.3 Å². The van der Waals surface area contributed by atoms with Crippen LogP contribution in [0.2, 0.25) is 0 Å². The van der Waals surface area contributed by atoms with Crippen molar-refractivity contribution in [1.82, 2.24) is 15.6 Å². The summed E-state index contributed by atoms with van der Waals surface area (Å²) in [6.07, 6.45) is 2.48. The fraction of sp³-hybridized carbons (Fsp3) is 0.444. The fourth-order valence-electron chi connectivity index (χ4n) is 2.76. The van der Waals surface area contributed by atoms with Crippen LogP contribution in [0.5, 0.6) is 0 Å². The second kappa shape index (κ2) is 8.29. The second-order valence-electron chi connectivity index (χ2n) is 6.17. The summed E-state index contributed by atoms with van der Waals surface area (Å²) >= 11 is 1.74. The summed E-state index contributed by atoms with van der Waals surface area (Å²) in [6, 6.07) is 10.8. The van der Waals surface area contributed by atoms with E-state index in [-0.39, 0.29) is 29.4 Å². The minimum absolute atomic E-state index is 0. The highest BCUT2D eigenvalue weighted by molar-refractivity contribution is 14.0. The van der Waals surface area contributed by atoms with Crippen molar-refractivity contribution in [3.8, 4) is 0 Å². The van der Waals surface area contributed by atoms with E-state index in [2.05, 4.69) is 64.8 Å². The van der Waals surface area contributed by atoms with Gasteiger partial charge in [-0.25, -0.2) is 4.98 Å². The van der Waals surface area contributed by atoms with Crippen LogP contribution in [0.15, 0.2) is 35.3 Å². The van der Waals surface area contributed by atoms with Gasteiger partial charge in [0, 0.05) is 23.9 Å². The van der Waals surface area contributed by atoms with Crippen molar-refractivity contribution in [3.05, 3.63) is 51.5 Å². The lowest BCUT2D eigenvalue weighted by Crippen LogP contribution is -2.40. The van der Waals surface area contributed by atoms with E-state index in [1.165, 1.54) is 23.3 Å². The van der Waals surface area contributed by atoms with Crippen LogP contribution < -0.4 is 10.6 Å². The molecule has 0 saturated heterocycles. The van der Waals surface area contributed by atoms with Gasteiger partial charge in [0.25, 0.3) is 0 Å². The molecule has 1 fully saturated rings. The van der Waals surface area contributed by atoms with E-state index in [1.807, 2.05) is 7.05 Å². The first-order valence-corrected chi connectivity index (χ1v) is 8.87. The third-order valence-electron chi connectivity index (χ3n) is 4.54. The van der Waals surface area contributed by atoms with E-state index < -0.39 is 0 Å². The molecule has 0 bridgehead atoms. The van der Waals surface area contributed by atoms with Crippen LogP contribution >= 0.6 is 35.3 Å². The van der Waals surface area contributed by atoms with E-state index in [0.29, 0.717) is 0 Å². The van der Waals surface area contributed by atoms with Crippen LogP contribution in [0.1, 0.15) is 34.0 Å². The van der Waals surface area contributed by atoms with Crippen molar-refractivity contribution in [2.45, 2.75) is 38.6 Å². The Labute approximate surface area is 165 Å². The molecular weight excluding hydrogens is 431 g/mol. The molecule has 1 aromatic carbocycles. The molecule has 1 saturated carbocycles. The molecule has 0 aliphatic heterocycles. The molecule has 2 aromatic rings. The van der Waals surface area contributed by atoms with E-state index >= 15 is 0 Å². The summed E-state index contributed by atoms with van der Waals surface area (Å²) in [4.78, 5) is 10.2. The normalized spacial score (nSPS) is 15.5. The van der Waals surface area contributed by atoms with Gasteiger partial charge in [0.15, 0.2) is 5.96 Å². The molecule has 3 rings (SSSR count). The summed E-state index contributed by atoms with van der Waals surface area (Å²) in [5.41, 5.74) is 2.83. The lowest BCUT2D eigenvalue weighted by atomic mass is 9.96. The second-order valence-corrected chi connectivity index (χ2v) is 7.46. The van der Waals surface area contributed by atoms with Gasteiger partial charge in [-0.2, -0.15) is 0 Å². The first-order chi connectivity index (χ1) is 11.1. The highest BCUT2D eigenvalue weighted by atomic mass is 127. The number of nitrogens with zero attached hydrogens (tertiary/aromatic N) is 2. The zero-order chi connectivity index (χ0) is 16.3. The van der Waals surface area contributed by atoms with Gasteiger partial charge in [-0.1, -0.05) is 30.3 Å². The van der Waals surface area contributed by atoms with Gasteiger partial charge in [-0.3, -0.25) is 4.99 Å². The minimum Gasteiger partial charge on any atom is -0.356 e. The van der Waals surface area contributed by atoms with Crippen molar-refractivity contribution in [2.75, 3.05) is 13.6 Å². The number of hydrogen-bond acceptors (Lipinski definition) is 3. The number of aryl methyl sites for hydroxylation is 2. The van der Waals surface area contributed by atoms with Crippen molar-refractivity contribution in [1.29, 1.82) is 0 Å². The number of hydrogen-bond donors (Lipinski definition) is 2. The molecule has 24 heavy (non-hydrogen) atoms. The van der Waals surface area contributed by atoms with Gasteiger partial charge >= 0.3 is 0 Å². The number of guanidine groups is 1. The molecule has 4 nitrogen and oxygen atoms in total. The van der Waals surface area contributed by atoms with E-state index in [0.717, 1.165) is 29.8 Å². The van der Waals surface area contributed by atoms with Gasteiger partial charge in [0.05, 0.1) is 12.2 Å².